The number of benzene rings is 1. The molecule has 12 nitrogen and oxygen atoms in total. The van der Waals surface area contributed by atoms with Crippen LogP contribution >= 0.6 is 0 Å². The molecule has 200 valence electrons. The van der Waals surface area contributed by atoms with Crippen LogP contribution in [-0.2, 0) is 4.79 Å². The molecule has 0 spiro atoms. The molecule has 1 saturated heterocycles. The predicted molar refractivity (Wildman–Crippen MR) is 134 cm³/mol. The molecular weight excluding hydrogens is 502 g/mol. The van der Waals surface area contributed by atoms with E-state index >= 15 is 0 Å². The molecule has 1 aliphatic rings. The lowest BCUT2D eigenvalue weighted by Gasteiger charge is -2.37. The quantitative estimate of drug-likeness (QED) is 0.330. The SMILES string of the molecule is CN(CCN1CCN(c2cc(OCC(=O)O)c(F)cc2F)CC1)c1nc(N)n2nc(-c3ccco3)cc2n1. The normalized spacial score (nSPS) is 14.2. The van der Waals surface area contributed by atoms with Gasteiger partial charge in [0, 0.05) is 64.5 Å². The number of halogens is 2. The van der Waals surface area contributed by atoms with Crippen LogP contribution in [0.15, 0.2) is 41.0 Å². The zero-order valence-electron chi connectivity index (χ0n) is 20.5. The fourth-order valence-electron chi connectivity index (χ4n) is 4.23. The van der Waals surface area contributed by atoms with Gasteiger partial charge in [0.25, 0.3) is 0 Å². The maximum Gasteiger partial charge on any atom is 0.341 e. The number of aliphatic carboxylic acids is 1. The highest BCUT2D eigenvalue weighted by molar-refractivity contribution is 5.68. The second-order valence-corrected chi connectivity index (χ2v) is 8.83. The molecule has 5 rings (SSSR count). The van der Waals surface area contributed by atoms with E-state index in [0.717, 1.165) is 0 Å². The Morgan fingerprint density at radius 1 is 1.18 bits per heavy atom. The number of piperazine rings is 1. The molecular formula is C24H26F2N8O4. The molecule has 0 bridgehead atoms. The van der Waals surface area contributed by atoms with Crippen molar-refractivity contribution in [2.45, 2.75) is 0 Å². The average molecular weight is 529 g/mol. The number of furan rings is 1. The van der Waals surface area contributed by atoms with Crippen molar-refractivity contribution in [3.8, 4) is 17.2 Å². The third kappa shape index (κ3) is 5.29. The van der Waals surface area contributed by atoms with Crippen molar-refractivity contribution in [2.75, 3.05) is 68.5 Å². The minimum Gasteiger partial charge on any atom is -0.479 e. The number of aromatic nitrogens is 4. The van der Waals surface area contributed by atoms with Gasteiger partial charge in [-0.1, -0.05) is 0 Å². The van der Waals surface area contributed by atoms with Gasteiger partial charge in [-0.15, -0.1) is 0 Å². The van der Waals surface area contributed by atoms with Crippen LogP contribution in [0.25, 0.3) is 17.1 Å². The first kappa shape index (κ1) is 25.2. The van der Waals surface area contributed by atoms with Crippen LogP contribution in [0, 0.1) is 11.6 Å². The number of likely N-dealkylation sites (N-methyl/N-ethyl adjacent to an activating group) is 1. The third-order valence-corrected chi connectivity index (χ3v) is 6.27. The number of carboxylic acid groups (broad SMARTS) is 1. The largest absolute Gasteiger partial charge is 0.479 e. The summed E-state index contributed by atoms with van der Waals surface area (Å²) in [5.41, 5.74) is 7.45. The van der Waals surface area contributed by atoms with Gasteiger partial charge < -0.3 is 29.8 Å². The molecule has 0 unspecified atom stereocenters. The number of anilines is 3. The van der Waals surface area contributed by atoms with E-state index in [-0.39, 0.29) is 17.4 Å². The first-order valence-corrected chi connectivity index (χ1v) is 11.9. The highest BCUT2D eigenvalue weighted by Gasteiger charge is 2.23. The van der Waals surface area contributed by atoms with Crippen LogP contribution in [0.4, 0.5) is 26.4 Å². The van der Waals surface area contributed by atoms with E-state index in [9.17, 15) is 13.6 Å². The Balaban J connectivity index is 1.18. The average Bonchev–Trinajstić information content (AvgIpc) is 3.57. The van der Waals surface area contributed by atoms with E-state index in [0.29, 0.717) is 68.4 Å². The number of nitrogen functional groups attached to an aromatic ring is 1. The number of ether oxygens (including phenoxy) is 1. The molecule has 4 aromatic rings. The van der Waals surface area contributed by atoms with Gasteiger partial charge in [0.2, 0.25) is 11.9 Å². The zero-order valence-corrected chi connectivity index (χ0v) is 20.5. The van der Waals surface area contributed by atoms with Crippen molar-refractivity contribution in [3.05, 3.63) is 48.2 Å². The van der Waals surface area contributed by atoms with Crippen molar-refractivity contribution in [1.29, 1.82) is 0 Å². The number of nitrogens with two attached hydrogens (primary N) is 1. The van der Waals surface area contributed by atoms with E-state index in [1.807, 2.05) is 11.9 Å². The summed E-state index contributed by atoms with van der Waals surface area (Å²) in [6, 6.07) is 7.28. The van der Waals surface area contributed by atoms with E-state index in [4.69, 9.17) is 20.0 Å². The summed E-state index contributed by atoms with van der Waals surface area (Å²) in [4.78, 5) is 25.6. The summed E-state index contributed by atoms with van der Waals surface area (Å²) < 4.78 is 40.3. The third-order valence-electron chi connectivity index (χ3n) is 6.27. The van der Waals surface area contributed by atoms with Crippen LogP contribution in [0.1, 0.15) is 0 Å². The summed E-state index contributed by atoms with van der Waals surface area (Å²) in [7, 11) is 1.87. The fourth-order valence-corrected chi connectivity index (χ4v) is 4.23. The number of hydrogen-bond donors (Lipinski definition) is 2. The molecule has 1 aromatic carbocycles. The Morgan fingerprint density at radius 2 is 1.97 bits per heavy atom. The Kier molecular flexibility index (Phi) is 6.96. The lowest BCUT2D eigenvalue weighted by atomic mass is 10.2. The number of carbonyl (C=O) groups is 1. The lowest BCUT2D eigenvalue weighted by molar-refractivity contribution is -0.139. The van der Waals surface area contributed by atoms with Gasteiger partial charge in [0.15, 0.2) is 29.6 Å². The van der Waals surface area contributed by atoms with Gasteiger partial charge in [-0.25, -0.2) is 13.6 Å². The molecule has 38 heavy (non-hydrogen) atoms. The maximum absolute atomic E-state index is 14.5. The van der Waals surface area contributed by atoms with Crippen LogP contribution in [0.2, 0.25) is 0 Å². The Labute approximate surface area is 215 Å². The summed E-state index contributed by atoms with van der Waals surface area (Å²) in [6.45, 7) is 2.91. The second-order valence-electron chi connectivity index (χ2n) is 8.83. The Hall–Kier alpha value is -4.46. The molecule has 0 saturated carbocycles. The van der Waals surface area contributed by atoms with Crippen LogP contribution in [-0.4, -0.2) is 88.5 Å². The molecule has 0 amide bonds. The molecule has 1 fully saturated rings. The highest BCUT2D eigenvalue weighted by Crippen LogP contribution is 2.29. The standard InChI is InChI=1S/C24H26F2N8O4/c1-31(24-28-21-12-17(19-3-2-10-37-19)30-34(21)23(27)29-24)4-5-32-6-8-33(9-7-32)18-13-20(38-14-22(35)36)16(26)11-15(18)25/h2-3,10-13H,4-9,14H2,1H3,(H,35,36)(H2,27,28,29). The van der Waals surface area contributed by atoms with E-state index in [1.54, 1.807) is 29.4 Å². The van der Waals surface area contributed by atoms with Gasteiger partial charge in [-0.3, -0.25) is 4.90 Å². The van der Waals surface area contributed by atoms with Crippen LogP contribution in [0.5, 0.6) is 5.75 Å². The first-order chi connectivity index (χ1) is 18.3. The van der Waals surface area contributed by atoms with E-state index < -0.39 is 24.2 Å². The van der Waals surface area contributed by atoms with Gasteiger partial charge in [-0.2, -0.15) is 19.6 Å². The molecule has 14 heteroatoms. The molecule has 1 aliphatic heterocycles. The molecule has 4 heterocycles. The zero-order chi connectivity index (χ0) is 26.8. The predicted octanol–water partition coefficient (Wildman–Crippen LogP) is 1.97. The maximum atomic E-state index is 14.5. The van der Waals surface area contributed by atoms with Crippen molar-refractivity contribution >= 4 is 29.2 Å². The van der Waals surface area contributed by atoms with Gasteiger partial charge >= 0.3 is 5.97 Å². The number of carboxylic acids is 1. The number of hydrogen-bond acceptors (Lipinski definition) is 10. The topological polar surface area (TPSA) is 138 Å². The van der Waals surface area contributed by atoms with E-state index in [1.165, 1.54) is 10.6 Å². The Bertz CT molecular complexity index is 1440. The Morgan fingerprint density at radius 3 is 2.68 bits per heavy atom. The van der Waals surface area contributed by atoms with Crippen molar-refractivity contribution in [1.82, 2.24) is 24.5 Å². The van der Waals surface area contributed by atoms with Gasteiger partial charge in [0.05, 0.1) is 12.0 Å². The van der Waals surface area contributed by atoms with Crippen molar-refractivity contribution in [3.63, 3.8) is 0 Å². The summed E-state index contributed by atoms with van der Waals surface area (Å²) in [5.74, 6) is -1.93. The molecule has 0 aliphatic carbocycles. The second kappa shape index (κ2) is 10.5. The molecule has 3 aromatic heterocycles. The lowest BCUT2D eigenvalue weighted by Crippen LogP contribution is -2.48. The smallest absolute Gasteiger partial charge is 0.341 e. The summed E-state index contributed by atoms with van der Waals surface area (Å²) in [6.07, 6.45) is 1.57. The van der Waals surface area contributed by atoms with Crippen molar-refractivity contribution < 1.29 is 27.8 Å². The van der Waals surface area contributed by atoms with Crippen LogP contribution in [0.3, 0.4) is 0 Å². The summed E-state index contributed by atoms with van der Waals surface area (Å²) in [5, 5.41) is 13.2. The fraction of sp³-hybridized carbons (Fsp3) is 0.333. The van der Waals surface area contributed by atoms with Crippen molar-refractivity contribution in [2.24, 2.45) is 0 Å². The first-order valence-electron chi connectivity index (χ1n) is 11.9. The molecule has 3 N–H and O–H groups in total. The minimum absolute atomic E-state index is 0.176. The van der Waals surface area contributed by atoms with Gasteiger partial charge in [-0.05, 0) is 12.1 Å². The molecule has 0 radical (unpaired) electrons. The summed E-state index contributed by atoms with van der Waals surface area (Å²) >= 11 is 0. The molecule has 0 atom stereocenters. The minimum atomic E-state index is -1.24. The number of nitrogens with zero attached hydrogens (tertiary/aromatic N) is 7. The van der Waals surface area contributed by atoms with Gasteiger partial charge in [0.1, 0.15) is 11.5 Å². The number of rotatable bonds is 9. The highest BCUT2D eigenvalue weighted by atomic mass is 19.1. The monoisotopic (exact) mass is 528 g/mol. The number of fused-ring (bicyclic) bond motifs is 1. The van der Waals surface area contributed by atoms with E-state index in [2.05, 4.69) is 20.0 Å². The van der Waals surface area contributed by atoms with Crippen LogP contribution < -0.4 is 20.3 Å².